The quantitative estimate of drug-likeness (QED) is 0.221. The van der Waals surface area contributed by atoms with Crippen molar-refractivity contribution in [2.45, 2.75) is 0 Å². The van der Waals surface area contributed by atoms with Crippen molar-refractivity contribution < 1.29 is 19.1 Å². The van der Waals surface area contributed by atoms with E-state index >= 15 is 0 Å². The molecule has 0 bridgehead atoms. The number of benzene rings is 4. The first-order valence-corrected chi connectivity index (χ1v) is 11.2. The average Bonchev–Trinajstić information content (AvgIpc) is 2.91. The van der Waals surface area contributed by atoms with E-state index in [1.807, 2.05) is 30.3 Å². The zero-order valence-electron chi connectivity index (χ0n) is 19.1. The predicted octanol–water partition coefficient (Wildman–Crippen LogP) is 5.44. The molecule has 174 valence electrons. The van der Waals surface area contributed by atoms with Gasteiger partial charge >= 0.3 is 6.03 Å². The van der Waals surface area contributed by atoms with E-state index in [0.717, 1.165) is 20.6 Å². The van der Waals surface area contributed by atoms with Gasteiger partial charge < -0.3 is 4.74 Å². The van der Waals surface area contributed by atoms with Gasteiger partial charge in [0, 0.05) is 5.56 Å². The Balaban J connectivity index is 1.73. The van der Waals surface area contributed by atoms with Gasteiger partial charge in [-0.15, -0.1) is 6.42 Å². The highest BCUT2D eigenvalue weighted by Crippen LogP contribution is 2.34. The van der Waals surface area contributed by atoms with Gasteiger partial charge in [-0.25, -0.2) is 14.6 Å². The molecular weight excluding hydrogens is 452 g/mol. The van der Waals surface area contributed by atoms with Gasteiger partial charge in [0.2, 0.25) is 0 Å². The van der Waals surface area contributed by atoms with Crippen LogP contribution in [0.5, 0.6) is 5.75 Å². The van der Waals surface area contributed by atoms with Crippen LogP contribution in [0.2, 0.25) is 0 Å². The Hall–Kier alpha value is -5.15. The second-order valence-corrected chi connectivity index (χ2v) is 7.98. The molecule has 36 heavy (non-hydrogen) atoms. The molecule has 6 nitrogen and oxygen atoms in total. The summed E-state index contributed by atoms with van der Waals surface area (Å²) in [6, 6.07) is 27.4. The van der Waals surface area contributed by atoms with Crippen LogP contribution >= 0.6 is 0 Å². The Kier molecular flexibility index (Phi) is 6.04. The van der Waals surface area contributed by atoms with Gasteiger partial charge in [0.05, 0.1) is 11.4 Å². The van der Waals surface area contributed by atoms with Gasteiger partial charge in [0.25, 0.3) is 11.8 Å². The maximum atomic E-state index is 13.7. The molecule has 1 saturated heterocycles. The van der Waals surface area contributed by atoms with E-state index in [1.54, 1.807) is 66.7 Å². The molecule has 5 rings (SSSR count). The average molecular weight is 473 g/mol. The SMILES string of the molecule is C#CCOc1ccc2ccccc2c1C=C1C(=O)N(c2ccccc2)C(=O)N(c2ccccc2)C1=O. The third kappa shape index (κ3) is 3.99. The van der Waals surface area contributed by atoms with Crippen LogP contribution in [-0.4, -0.2) is 24.5 Å². The highest BCUT2D eigenvalue weighted by atomic mass is 16.5. The van der Waals surface area contributed by atoms with Crippen molar-refractivity contribution in [1.82, 2.24) is 0 Å². The molecular formula is C30H20N2O4. The molecule has 0 spiro atoms. The van der Waals surface area contributed by atoms with Crippen LogP contribution in [0, 0.1) is 12.3 Å². The number of imide groups is 2. The molecule has 0 radical (unpaired) electrons. The number of carbonyl (C=O) groups excluding carboxylic acids is 3. The normalized spacial score (nSPS) is 13.6. The highest BCUT2D eigenvalue weighted by Gasteiger charge is 2.43. The third-order valence-corrected chi connectivity index (χ3v) is 5.81. The van der Waals surface area contributed by atoms with Crippen molar-refractivity contribution >= 4 is 46.1 Å². The van der Waals surface area contributed by atoms with Gasteiger partial charge in [-0.1, -0.05) is 72.7 Å². The Morgan fingerprint density at radius 3 is 1.86 bits per heavy atom. The standard InChI is InChI=1S/C30H20N2O4/c1-2-19-36-27-18-17-21-11-9-10-16-24(21)25(27)20-26-28(33)31(22-12-5-3-6-13-22)30(35)32(29(26)34)23-14-7-4-8-15-23/h1,3-18,20H,19H2. The number of amides is 4. The van der Waals surface area contributed by atoms with E-state index in [4.69, 9.17) is 11.2 Å². The summed E-state index contributed by atoms with van der Waals surface area (Å²) >= 11 is 0. The van der Waals surface area contributed by atoms with E-state index in [2.05, 4.69) is 5.92 Å². The minimum absolute atomic E-state index is 0.0151. The van der Waals surface area contributed by atoms with Gasteiger partial charge in [-0.3, -0.25) is 9.59 Å². The fraction of sp³-hybridized carbons (Fsp3) is 0.0333. The van der Waals surface area contributed by atoms with E-state index in [1.165, 1.54) is 6.08 Å². The molecule has 1 fully saturated rings. The van der Waals surface area contributed by atoms with Crippen LogP contribution in [0.4, 0.5) is 16.2 Å². The predicted molar refractivity (Wildman–Crippen MR) is 140 cm³/mol. The van der Waals surface area contributed by atoms with E-state index in [9.17, 15) is 14.4 Å². The number of para-hydroxylation sites is 2. The molecule has 0 unspecified atom stereocenters. The smallest absolute Gasteiger partial charge is 0.343 e. The lowest BCUT2D eigenvalue weighted by Crippen LogP contribution is -2.57. The Morgan fingerprint density at radius 1 is 0.722 bits per heavy atom. The summed E-state index contributed by atoms with van der Waals surface area (Å²) in [5.41, 5.74) is 1.06. The first-order chi connectivity index (χ1) is 17.6. The molecule has 0 aromatic heterocycles. The molecule has 0 saturated carbocycles. The summed E-state index contributed by atoms with van der Waals surface area (Å²) in [5, 5.41) is 1.67. The van der Waals surface area contributed by atoms with Crippen molar-refractivity contribution in [1.29, 1.82) is 0 Å². The molecule has 1 heterocycles. The van der Waals surface area contributed by atoms with Crippen molar-refractivity contribution in [3.05, 3.63) is 108 Å². The number of hydrogen-bond acceptors (Lipinski definition) is 4. The number of ether oxygens (including phenoxy) is 1. The maximum absolute atomic E-state index is 13.7. The lowest BCUT2D eigenvalue weighted by molar-refractivity contribution is -0.121. The van der Waals surface area contributed by atoms with Crippen molar-refractivity contribution in [2.24, 2.45) is 0 Å². The molecule has 0 N–H and O–H groups in total. The van der Waals surface area contributed by atoms with Gasteiger partial charge in [0.15, 0.2) is 0 Å². The van der Waals surface area contributed by atoms with Crippen LogP contribution < -0.4 is 14.5 Å². The van der Waals surface area contributed by atoms with Gasteiger partial charge in [-0.05, 0) is 47.2 Å². The lowest BCUT2D eigenvalue weighted by Gasteiger charge is -2.34. The summed E-state index contributed by atoms with van der Waals surface area (Å²) in [6.45, 7) is 0.0151. The number of rotatable bonds is 5. The van der Waals surface area contributed by atoms with Crippen LogP contribution in [0.25, 0.3) is 16.8 Å². The number of terminal acetylenes is 1. The number of urea groups is 1. The number of nitrogens with zero attached hydrogens (tertiary/aromatic N) is 2. The summed E-state index contributed by atoms with van der Waals surface area (Å²) in [6.07, 6.45) is 6.88. The Bertz CT molecular complexity index is 1490. The summed E-state index contributed by atoms with van der Waals surface area (Å²) in [4.78, 5) is 42.9. The van der Waals surface area contributed by atoms with Crippen molar-refractivity contribution in [2.75, 3.05) is 16.4 Å². The molecule has 1 aliphatic heterocycles. The van der Waals surface area contributed by atoms with Crippen molar-refractivity contribution in [3.8, 4) is 18.1 Å². The maximum Gasteiger partial charge on any atom is 0.343 e. The topological polar surface area (TPSA) is 66.9 Å². The fourth-order valence-corrected chi connectivity index (χ4v) is 4.15. The number of hydrogen-bond donors (Lipinski definition) is 0. The monoisotopic (exact) mass is 472 g/mol. The van der Waals surface area contributed by atoms with E-state index in [0.29, 0.717) is 22.7 Å². The number of barbiturate groups is 1. The largest absolute Gasteiger partial charge is 0.480 e. The molecule has 4 amide bonds. The zero-order valence-corrected chi connectivity index (χ0v) is 19.1. The summed E-state index contributed by atoms with van der Waals surface area (Å²) in [7, 11) is 0. The molecule has 4 aromatic carbocycles. The second-order valence-electron chi connectivity index (χ2n) is 7.98. The highest BCUT2D eigenvalue weighted by molar-refractivity contribution is 6.46. The molecule has 6 heteroatoms. The van der Waals surface area contributed by atoms with E-state index in [-0.39, 0.29) is 12.2 Å². The van der Waals surface area contributed by atoms with Crippen molar-refractivity contribution in [3.63, 3.8) is 0 Å². The molecule has 0 atom stereocenters. The Morgan fingerprint density at radius 2 is 1.28 bits per heavy atom. The van der Waals surface area contributed by atoms with Crippen LogP contribution in [0.15, 0.2) is 103 Å². The molecule has 4 aromatic rings. The van der Waals surface area contributed by atoms with Crippen LogP contribution in [0.1, 0.15) is 5.56 Å². The first kappa shape index (κ1) is 22.6. The minimum atomic E-state index is -0.749. The van der Waals surface area contributed by atoms with Gasteiger partial charge in [0.1, 0.15) is 17.9 Å². The van der Waals surface area contributed by atoms with Gasteiger partial charge in [-0.2, -0.15) is 0 Å². The Labute approximate surface area is 208 Å². The fourth-order valence-electron chi connectivity index (χ4n) is 4.15. The van der Waals surface area contributed by atoms with E-state index < -0.39 is 17.8 Å². The van der Waals surface area contributed by atoms with Crippen LogP contribution in [0.3, 0.4) is 0 Å². The minimum Gasteiger partial charge on any atom is -0.480 e. The first-order valence-electron chi connectivity index (χ1n) is 11.2. The number of fused-ring (bicyclic) bond motifs is 1. The molecule has 1 aliphatic rings. The number of anilines is 2. The second kappa shape index (κ2) is 9.61. The summed E-state index contributed by atoms with van der Waals surface area (Å²) in [5.74, 6) is 1.42. The zero-order chi connectivity index (χ0) is 25.1. The number of carbonyl (C=O) groups is 3. The third-order valence-electron chi connectivity index (χ3n) is 5.81. The lowest BCUT2D eigenvalue weighted by atomic mass is 9.99. The molecule has 0 aliphatic carbocycles. The summed E-state index contributed by atoms with van der Waals surface area (Å²) < 4.78 is 5.75. The van der Waals surface area contributed by atoms with Crippen LogP contribution in [-0.2, 0) is 9.59 Å².